The second-order valence-electron chi connectivity index (χ2n) is 4.77. The van der Waals surface area contributed by atoms with E-state index in [-0.39, 0.29) is 6.04 Å². The quantitative estimate of drug-likeness (QED) is 0.649. The first-order valence-corrected chi connectivity index (χ1v) is 8.07. The summed E-state index contributed by atoms with van der Waals surface area (Å²) in [6.07, 6.45) is 0. The number of nitrogens with two attached hydrogens (primary N) is 1. The van der Waals surface area contributed by atoms with Gasteiger partial charge in [-0.3, -0.25) is 11.3 Å². The number of benzene rings is 2. The minimum atomic E-state index is 0.0286. The molecule has 2 aromatic rings. The van der Waals surface area contributed by atoms with Crippen LogP contribution in [0.25, 0.3) is 0 Å². The van der Waals surface area contributed by atoms with E-state index in [2.05, 4.69) is 29.7 Å². The zero-order valence-electron chi connectivity index (χ0n) is 10.6. The van der Waals surface area contributed by atoms with Crippen LogP contribution in [-0.2, 0) is 0 Å². The summed E-state index contributed by atoms with van der Waals surface area (Å²) >= 11 is 14.0. The van der Waals surface area contributed by atoms with Crippen LogP contribution in [0, 0.1) is 0 Å². The Labute approximate surface area is 132 Å². The van der Waals surface area contributed by atoms with Gasteiger partial charge in [-0.25, -0.2) is 0 Å². The van der Waals surface area contributed by atoms with Gasteiger partial charge in [0.2, 0.25) is 0 Å². The van der Waals surface area contributed by atoms with Crippen molar-refractivity contribution in [1.82, 2.24) is 5.43 Å². The number of rotatable bonds is 3. The van der Waals surface area contributed by atoms with Gasteiger partial charge in [0.1, 0.15) is 0 Å². The molecule has 0 aromatic heterocycles. The Balaban J connectivity index is 1.97. The van der Waals surface area contributed by atoms with E-state index >= 15 is 0 Å². The van der Waals surface area contributed by atoms with E-state index in [1.807, 2.05) is 30.0 Å². The Morgan fingerprint density at radius 3 is 2.70 bits per heavy atom. The van der Waals surface area contributed by atoms with Crippen LogP contribution in [-0.4, -0.2) is 5.75 Å². The fourth-order valence-electron chi connectivity index (χ4n) is 2.61. The van der Waals surface area contributed by atoms with Crippen LogP contribution in [0.15, 0.2) is 47.4 Å². The van der Waals surface area contributed by atoms with Gasteiger partial charge in [0, 0.05) is 16.6 Å². The lowest BCUT2D eigenvalue weighted by Gasteiger charge is -2.24. The van der Waals surface area contributed by atoms with E-state index in [0.29, 0.717) is 16.0 Å². The highest BCUT2D eigenvalue weighted by atomic mass is 35.5. The first-order valence-electron chi connectivity index (χ1n) is 6.33. The molecule has 1 aliphatic rings. The predicted octanol–water partition coefficient (Wildman–Crippen LogP) is 4.39. The van der Waals surface area contributed by atoms with Crippen molar-refractivity contribution in [2.75, 3.05) is 5.75 Å². The zero-order chi connectivity index (χ0) is 14.1. The van der Waals surface area contributed by atoms with Crippen LogP contribution >= 0.6 is 35.0 Å². The van der Waals surface area contributed by atoms with E-state index in [9.17, 15) is 0 Å². The molecule has 0 fully saturated rings. The van der Waals surface area contributed by atoms with E-state index in [1.165, 1.54) is 10.5 Å². The second kappa shape index (κ2) is 5.96. The maximum absolute atomic E-state index is 6.12. The van der Waals surface area contributed by atoms with E-state index < -0.39 is 0 Å². The Hall–Kier alpha value is -0.710. The van der Waals surface area contributed by atoms with Crippen LogP contribution in [0.4, 0.5) is 0 Å². The maximum atomic E-state index is 6.12. The number of hydrazine groups is 1. The van der Waals surface area contributed by atoms with Crippen LogP contribution in [0.1, 0.15) is 23.1 Å². The van der Waals surface area contributed by atoms with Gasteiger partial charge in [-0.2, -0.15) is 0 Å². The Bertz CT molecular complexity index is 633. The molecule has 0 aliphatic carbocycles. The fourth-order valence-corrected chi connectivity index (χ4v) is 4.21. The first kappa shape index (κ1) is 14.2. The minimum Gasteiger partial charge on any atom is -0.271 e. The highest BCUT2D eigenvalue weighted by molar-refractivity contribution is 7.99. The average Bonchev–Trinajstić information content (AvgIpc) is 2.88. The Morgan fingerprint density at radius 1 is 1.15 bits per heavy atom. The molecule has 2 atom stereocenters. The van der Waals surface area contributed by atoms with E-state index in [0.717, 1.165) is 11.3 Å². The summed E-state index contributed by atoms with van der Waals surface area (Å²) < 4.78 is 0. The molecule has 2 unspecified atom stereocenters. The largest absolute Gasteiger partial charge is 0.271 e. The standard InChI is InChI=1S/C15H14Cl2N2S/c16-12-6-5-9(7-13(12)17)15(19-18)11-8-20-14-4-2-1-3-10(11)14/h1-7,11,15,19H,8,18H2. The molecule has 0 saturated heterocycles. The molecule has 2 nitrogen and oxygen atoms in total. The van der Waals surface area contributed by atoms with Crippen LogP contribution in [0.2, 0.25) is 10.0 Å². The van der Waals surface area contributed by atoms with Gasteiger partial charge in [0.25, 0.3) is 0 Å². The molecular weight excluding hydrogens is 311 g/mol. The summed E-state index contributed by atoms with van der Waals surface area (Å²) in [6, 6.07) is 14.2. The predicted molar refractivity (Wildman–Crippen MR) is 86.4 cm³/mol. The van der Waals surface area contributed by atoms with Crippen molar-refractivity contribution in [2.24, 2.45) is 5.84 Å². The topological polar surface area (TPSA) is 38.0 Å². The van der Waals surface area contributed by atoms with Crippen LogP contribution < -0.4 is 11.3 Å². The summed E-state index contributed by atoms with van der Waals surface area (Å²) in [6.45, 7) is 0. The van der Waals surface area contributed by atoms with Crippen LogP contribution in [0.3, 0.4) is 0 Å². The van der Waals surface area contributed by atoms with Crippen LogP contribution in [0.5, 0.6) is 0 Å². The molecule has 2 aromatic carbocycles. The lowest BCUT2D eigenvalue weighted by atomic mass is 9.89. The molecule has 0 amide bonds. The fraction of sp³-hybridized carbons (Fsp3) is 0.200. The summed E-state index contributed by atoms with van der Waals surface area (Å²) in [5.74, 6) is 7.13. The summed E-state index contributed by atoms with van der Waals surface area (Å²) in [5, 5.41) is 1.12. The van der Waals surface area contributed by atoms with Gasteiger partial charge in [-0.05, 0) is 29.3 Å². The van der Waals surface area contributed by atoms with Crippen molar-refractivity contribution in [2.45, 2.75) is 16.9 Å². The third kappa shape index (κ3) is 2.57. The number of halogens is 2. The maximum Gasteiger partial charge on any atom is 0.0595 e. The highest BCUT2D eigenvalue weighted by Gasteiger charge is 2.30. The average molecular weight is 325 g/mol. The minimum absolute atomic E-state index is 0.0286. The highest BCUT2D eigenvalue weighted by Crippen LogP contribution is 2.45. The lowest BCUT2D eigenvalue weighted by Crippen LogP contribution is -2.32. The van der Waals surface area contributed by atoms with Crippen molar-refractivity contribution >= 4 is 35.0 Å². The van der Waals surface area contributed by atoms with Crippen molar-refractivity contribution in [1.29, 1.82) is 0 Å². The normalized spacial score (nSPS) is 18.9. The lowest BCUT2D eigenvalue weighted by molar-refractivity contribution is 0.485. The third-order valence-corrected chi connectivity index (χ3v) is 5.57. The number of fused-ring (bicyclic) bond motifs is 1. The molecule has 1 aliphatic heterocycles. The van der Waals surface area contributed by atoms with Gasteiger partial charge >= 0.3 is 0 Å². The van der Waals surface area contributed by atoms with E-state index in [1.54, 1.807) is 0 Å². The SMILES string of the molecule is NNC(c1ccc(Cl)c(Cl)c1)C1CSc2ccccc21. The van der Waals surface area contributed by atoms with E-state index in [4.69, 9.17) is 29.0 Å². The van der Waals surface area contributed by atoms with Crippen molar-refractivity contribution in [3.63, 3.8) is 0 Å². The Kier molecular flexibility index (Phi) is 4.24. The summed E-state index contributed by atoms with van der Waals surface area (Å²) in [4.78, 5) is 1.33. The zero-order valence-corrected chi connectivity index (χ0v) is 13.0. The summed E-state index contributed by atoms with van der Waals surface area (Å²) in [7, 11) is 0. The molecule has 5 heteroatoms. The van der Waals surface area contributed by atoms with Gasteiger partial charge in [0.15, 0.2) is 0 Å². The van der Waals surface area contributed by atoms with Gasteiger partial charge in [-0.15, -0.1) is 11.8 Å². The molecule has 3 N–H and O–H groups in total. The molecule has 0 radical (unpaired) electrons. The molecule has 3 rings (SSSR count). The van der Waals surface area contributed by atoms with Crippen molar-refractivity contribution in [3.8, 4) is 0 Å². The van der Waals surface area contributed by atoms with Gasteiger partial charge in [-0.1, -0.05) is 47.5 Å². The monoisotopic (exact) mass is 324 g/mol. The molecule has 0 spiro atoms. The molecule has 104 valence electrons. The molecule has 0 saturated carbocycles. The third-order valence-electron chi connectivity index (χ3n) is 3.62. The number of nitrogens with one attached hydrogen (secondary N) is 1. The number of hydrogen-bond acceptors (Lipinski definition) is 3. The smallest absolute Gasteiger partial charge is 0.0595 e. The molecular formula is C15H14Cl2N2S. The van der Waals surface area contributed by atoms with Crippen molar-refractivity contribution < 1.29 is 0 Å². The number of thioether (sulfide) groups is 1. The first-order chi connectivity index (χ1) is 9.70. The Morgan fingerprint density at radius 2 is 1.95 bits per heavy atom. The number of hydrogen-bond donors (Lipinski definition) is 2. The summed E-state index contributed by atoms with van der Waals surface area (Å²) in [5.41, 5.74) is 5.33. The van der Waals surface area contributed by atoms with Crippen molar-refractivity contribution in [3.05, 3.63) is 63.6 Å². The van der Waals surface area contributed by atoms with Gasteiger partial charge < -0.3 is 0 Å². The second-order valence-corrected chi connectivity index (χ2v) is 6.65. The van der Waals surface area contributed by atoms with Gasteiger partial charge in [0.05, 0.1) is 16.1 Å². The molecule has 0 bridgehead atoms. The molecule has 1 heterocycles. The molecule has 20 heavy (non-hydrogen) atoms.